The fourth-order valence-electron chi connectivity index (χ4n) is 6.60. The molecule has 158 valence electrons. The van der Waals surface area contributed by atoms with E-state index in [9.17, 15) is 14.7 Å². The second-order valence-corrected chi connectivity index (χ2v) is 11.0. The van der Waals surface area contributed by atoms with Gasteiger partial charge in [0.2, 0.25) is 0 Å². The molecule has 0 aromatic rings. The van der Waals surface area contributed by atoms with Crippen LogP contribution in [-0.4, -0.2) is 33.8 Å². The van der Waals surface area contributed by atoms with Crippen LogP contribution in [0.25, 0.3) is 0 Å². The van der Waals surface area contributed by atoms with Crippen molar-refractivity contribution in [1.82, 2.24) is 0 Å². The van der Waals surface area contributed by atoms with Crippen LogP contribution in [0, 0.1) is 17.3 Å². The van der Waals surface area contributed by atoms with Gasteiger partial charge in [0.25, 0.3) is 0 Å². The van der Waals surface area contributed by atoms with E-state index in [4.69, 9.17) is 9.47 Å². The quantitative estimate of drug-likeness (QED) is 0.683. The van der Waals surface area contributed by atoms with E-state index in [1.54, 1.807) is 0 Å². The topological polar surface area (TPSA) is 72.8 Å². The van der Waals surface area contributed by atoms with Gasteiger partial charge in [-0.3, -0.25) is 9.59 Å². The van der Waals surface area contributed by atoms with Gasteiger partial charge in [0.1, 0.15) is 11.2 Å². The number of rotatable bonds is 6. The molecule has 0 amide bonds. The Balaban J connectivity index is 1.44. The zero-order valence-electron chi connectivity index (χ0n) is 17.7. The summed E-state index contributed by atoms with van der Waals surface area (Å²) in [6.45, 7) is 5.77. The Hall–Kier alpha value is -1.10. The van der Waals surface area contributed by atoms with Crippen LogP contribution in [0.5, 0.6) is 0 Å². The van der Waals surface area contributed by atoms with Crippen LogP contribution in [0.3, 0.4) is 0 Å². The largest absolute Gasteiger partial charge is 0.459 e. The van der Waals surface area contributed by atoms with E-state index in [1.165, 1.54) is 0 Å². The van der Waals surface area contributed by atoms with Gasteiger partial charge in [-0.2, -0.15) is 0 Å². The van der Waals surface area contributed by atoms with E-state index >= 15 is 0 Å². The van der Waals surface area contributed by atoms with E-state index in [0.29, 0.717) is 24.7 Å². The zero-order valence-corrected chi connectivity index (χ0v) is 17.7. The van der Waals surface area contributed by atoms with Crippen molar-refractivity contribution in [2.45, 2.75) is 115 Å². The van der Waals surface area contributed by atoms with Crippen LogP contribution in [0.4, 0.5) is 0 Å². The summed E-state index contributed by atoms with van der Waals surface area (Å²) in [5.74, 6) is 0.480. The van der Waals surface area contributed by atoms with Gasteiger partial charge in [-0.1, -0.05) is 6.92 Å². The number of hydrogen-bond acceptors (Lipinski definition) is 5. The third kappa shape index (κ3) is 3.71. The highest BCUT2D eigenvalue weighted by Crippen LogP contribution is 2.59. The standard InChI is InChI=1S/C23H36O5/c1-4-20(2,3)19(25)28-22(7-5-6-8-22)14-18(24)27-23-12-16-9-17(13-23)11-21(26,10-16)15-23/h16-17,26H,4-15H2,1-3H3. The Morgan fingerprint density at radius 2 is 1.64 bits per heavy atom. The average molecular weight is 393 g/mol. The van der Waals surface area contributed by atoms with E-state index in [1.807, 2.05) is 20.8 Å². The highest BCUT2D eigenvalue weighted by atomic mass is 16.6. The Morgan fingerprint density at radius 1 is 1.04 bits per heavy atom. The second-order valence-electron chi connectivity index (χ2n) is 11.0. The summed E-state index contributed by atoms with van der Waals surface area (Å²) in [5.41, 5.74) is -2.39. The summed E-state index contributed by atoms with van der Waals surface area (Å²) in [6.07, 6.45) is 9.48. The van der Waals surface area contributed by atoms with Crippen molar-refractivity contribution in [3.63, 3.8) is 0 Å². The van der Waals surface area contributed by atoms with Gasteiger partial charge in [0.15, 0.2) is 0 Å². The van der Waals surface area contributed by atoms with E-state index in [-0.39, 0.29) is 18.4 Å². The summed E-state index contributed by atoms with van der Waals surface area (Å²) in [6, 6.07) is 0. The molecule has 5 saturated carbocycles. The molecule has 0 saturated heterocycles. The molecule has 5 heteroatoms. The average Bonchev–Trinajstić information content (AvgIpc) is 2.99. The molecular weight excluding hydrogens is 356 g/mol. The summed E-state index contributed by atoms with van der Waals surface area (Å²) in [5, 5.41) is 10.9. The molecule has 0 aliphatic heterocycles. The Kier molecular flexibility index (Phi) is 4.84. The maximum atomic E-state index is 13.0. The number of ether oxygens (including phenoxy) is 2. The molecule has 0 radical (unpaired) electrons. The van der Waals surface area contributed by atoms with Crippen molar-refractivity contribution in [1.29, 1.82) is 0 Å². The first-order valence-electron chi connectivity index (χ1n) is 11.2. The van der Waals surface area contributed by atoms with E-state index in [2.05, 4.69) is 0 Å². The van der Waals surface area contributed by atoms with E-state index in [0.717, 1.165) is 57.8 Å². The highest BCUT2D eigenvalue weighted by molar-refractivity contribution is 5.77. The molecule has 5 fully saturated rings. The molecule has 2 atom stereocenters. The molecule has 5 rings (SSSR count). The fraction of sp³-hybridized carbons (Fsp3) is 0.913. The van der Waals surface area contributed by atoms with Crippen molar-refractivity contribution in [2.75, 3.05) is 0 Å². The Bertz CT molecular complexity index is 631. The maximum Gasteiger partial charge on any atom is 0.312 e. The molecule has 28 heavy (non-hydrogen) atoms. The summed E-state index contributed by atoms with van der Waals surface area (Å²) in [4.78, 5) is 25.7. The predicted octanol–water partition coefficient (Wildman–Crippen LogP) is 4.30. The minimum atomic E-state index is -0.709. The summed E-state index contributed by atoms with van der Waals surface area (Å²) < 4.78 is 12.1. The lowest BCUT2D eigenvalue weighted by Crippen LogP contribution is -2.60. The molecule has 1 N–H and O–H groups in total. The minimum absolute atomic E-state index is 0.147. The summed E-state index contributed by atoms with van der Waals surface area (Å²) in [7, 11) is 0. The van der Waals surface area contributed by atoms with Crippen LogP contribution in [0.1, 0.15) is 97.8 Å². The van der Waals surface area contributed by atoms with Crippen LogP contribution in [-0.2, 0) is 19.1 Å². The highest BCUT2D eigenvalue weighted by Gasteiger charge is 2.59. The Morgan fingerprint density at radius 3 is 2.18 bits per heavy atom. The lowest BCUT2D eigenvalue weighted by molar-refractivity contribution is -0.222. The molecule has 5 aliphatic carbocycles. The monoisotopic (exact) mass is 392 g/mol. The van der Waals surface area contributed by atoms with Crippen molar-refractivity contribution in [3.8, 4) is 0 Å². The third-order valence-corrected chi connectivity index (χ3v) is 8.03. The molecule has 5 nitrogen and oxygen atoms in total. The molecule has 0 spiro atoms. The molecule has 0 heterocycles. The van der Waals surface area contributed by atoms with Crippen molar-refractivity contribution < 1.29 is 24.2 Å². The Labute approximate surface area is 168 Å². The van der Waals surface area contributed by atoms with Crippen molar-refractivity contribution in [3.05, 3.63) is 0 Å². The minimum Gasteiger partial charge on any atom is -0.459 e. The molecule has 0 aromatic heterocycles. The fourth-order valence-corrected chi connectivity index (χ4v) is 6.60. The number of esters is 2. The van der Waals surface area contributed by atoms with Gasteiger partial charge in [-0.05, 0) is 89.9 Å². The number of aliphatic hydroxyl groups is 1. The van der Waals surface area contributed by atoms with Crippen LogP contribution >= 0.6 is 0 Å². The molecule has 0 aromatic carbocycles. The van der Waals surface area contributed by atoms with Gasteiger partial charge >= 0.3 is 11.9 Å². The molecular formula is C23H36O5. The van der Waals surface area contributed by atoms with Crippen LogP contribution in [0.15, 0.2) is 0 Å². The predicted molar refractivity (Wildman–Crippen MR) is 104 cm³/mol. The normalized spacial score (nSPS) is 38.4. The second kappa shape index (κ2) is 6.72. The first-order valence-corrected chi connectivity index (χ1v) is 11.2. The lowest BCUT2D eigenvalue weighted by Gasteiger charge is -2.59. The van der Waals surface area contributed by atoms with Gasteiger partial charge in [-0.15, -0.1) is 0 Å². The third-order valence-electron chi connectivity index (χ3n) is 8.03. The van der Waals surface area contributed by atoms with Gasteiger partial charge < -0.3 is 14.6 Å². The number of hydrogen-bond donors (Lipinski definition) is 1. The maximum absolute atomic E-state index is 13.0. The SMILES string of the molecule is CCC(C)(C)C(=O)OC1(CC(=O)OC23CC4CC(CC(O)(C4)C2)C3)CCCC1. The molecule has 2 unspecified atom stereocenters. The number of carbonyl (C=O) groups excluding carboxylic acids is 2. The van der Waals surface area contributed by atoms with Crippen LogP contribution in [0.2, 0.25) is 0 Å². The van der Waals surface area contributed by atoms with Crippen molar-refractivity contribution in [2.24, 2.45) is 17.3 Å². The lowest BCUT2D eigenvalue weighted by atomic mass is 9.52. The summed E-state index contributed by atoms with van der Waals surface area (Å²) >= 11 is 0. The zero-order chi connectivity index (χ0) is 20.2. The van der Waals surface area contributed by atoms with Crippen molar-refractivity contribution >= 4 is 11.9 Å². The van der Waals surface area contributed by atoms with Crippen LogP contribution < -0.4 is 0 Å². The van der Waals surface area contributed by atoms with Gasteiger partial charge in [-0.25, -0.2) is 0 Å². The van der Waals surface area contributed by atoms with E-state index < -0.39 is 22.2 Å². The van der Waals surface area contributed by atoms with Gasteiger partial charge in [0, 0.05) is 6.42 Å². The first-order chi connectivity index (χ1) is 13.1. The molecule has 5 aliphatic rings. The number of carbonyl (C=O) groups is 2. The smallest absolute Gasteiger partial charge is 0.312 e. The first kappa shape index (κ1) is 20.2. The van der Waals surface area contributed by atoms with Gasteiger partial charge in [0.05, 0.1) is 17.4 Å². The molecule has 4 bridgehead atoms.